The predicted molar refractivity (Wildman–Crippen MR) is 146 cm³/mol. The van der Waals surface area contributed by atoms with Crippen LogP contribution in [0.2, 0.25) is 0 Å². The van der Waals surface area contributed by atoms with Crippen molar-refractivity contribution in [3.05, 3.63) is 35.9 Å². The zero-order valence-electron chi connectivity index (χ0n) is 23.7. The minimum Gasteiger partial charge on any atom is -0.458 e. The molecule has 0 heterocycles. The first-order chi connectivity index (χ1) is 18.5. The lowest BCUT2D eigenvalue weighted by atomic mass is 9.42. The first-order valence-electron chi connectivity index (χ1n) is 15.1. The standard InChI is InChI=1S/C32H48O7/c1-18(25(36)16-33)22-9-10-23-28-27(39-30(38)19-7-5-4-6-8-19)14-21-13-20(26(37)17-34)11-12-31(21,2)29(28)24(35)15-32(22,23)3/h4-8,18,20-29,33-37H,9-17H2,1-3H3/t18?,20?,21?,22-,23+,24?,25?,26?,27?,28-,29+,31+,32-/m1/s1. The maximum Gasteiger partial charge on any atom is 0.338 e. The van der Waals surface area contributed by atoms with E-state index in [1.54, 1.807) is 12.1 Å². The number of fused-ring (bicyclic) bond motifs is 5. The van der Waals surface area contributed by atoms with Gasteiger partial charge in [0.05, 0.1) is 37.1 Å². The molecule has 5 N–H and O–H groups in total. The Morgan fingerprint density at radius 1 is 1.03 bits per heavy atom. The highest BCUT2D eigenvalue weighted by atomic mass is 16.5. The van der Waals surface area contributed by atoms with E-state index in [2.05, 4.69) is 13.8 Å². The molecule has 218 valence electrons. The monoisotopic (exact) mass is 544 g/mol. The molecule has 13 atom stereocenters. The van der Waals surface area contributed by atoms with Gasteiger partial charge in [0.2, 0.25) is 0 Å². The van der Waals surface area contributed by atoms with Gasteiger partial charge >= 0.3 is 5.97 Å². The van der Waals surface area contributed by atoms with E-state index in [-0.39, 0.29) is 77.5 Å². The average Bonchev–Trinajstić information content (AvgIpc) is 3.28. The van der Waals surface area contributed by atoms with Gasteiger partial charge in [-0.25, -0.2) is 4.79 Å². The molecule has 0 saturated heterocycles. The molecule has 5 rings (SSSR count). The van der Waals surface area contributed by atoms with Gasteiger partial charge in [-0.2, -0.15) is 0 Å². The van der Waals surface area contributed by atoms with E-state index in [0.29, 0.717) is 18.4 Å². The predicted octanol–water partition coefficient (Wildman–Crippen LogP) is 3.41. The summed E-state index contributed by atoms with van der Waals surface area (Å²) in [5.74, 6) is 0.0781. The Morgan fingerprint density at radius 3 is 2.41 bits per heavy atom. The van der Waals surface area contributed by atoms with Gasteiger partial charge in [-0.05, 0) is 103 Å². The molecule has 0 aromatic heterocycles. The summed E-state index contributed by atoms with van der Waals surface area (Å²) in [4.78, 5) is 13.4. The highest BCUT2D eigenvalue weighted by Gasteiger charge is 2.66. The Bertz CT molecular complexity index is 1000. The summed E-state index contributed by atoms with van der Waals surface area (Å²) < 4.78 is 6.38. The van der Waals surface area contributed by atoms with Crippen LogP contribution in [0.15, 0.2) is 30.3 Å². The molecular formula is C32H48O7. The van der Waals surface area contributed by atoms with Crippen LogP contribution in [0.5, 0.6) is 0 Å². The maximum absolute atomic E-state index is 13.4. The van der Waals surface area contributed by atoms with Crippen molar-refractivity contribution in [2.45, 2.75) is 90.1 Å². The van der Waals surface area contributed by atoms with Crippen LogP contribution in [0.25, 0.3) is 0 Å². The summed E-state index contributed by atoms with van der Waals surface area (Å²) >= 11 is 0. The second-order valence-corrected chi connectivity index (χ2v) is 13.8. The number of hydrogen-bond donors (Lipinski definition) is 5. The molecular weight excluding hydrogens is 496 g/mol. The molecule has 1 aromatic carbocycles. The smallest absolute Gasteiger partial charge is 0.338 e. The highest BCUT2D eigenvalue weighted by molar-refractivity contribution is 5.89. The lowest BCUT2D eigenvalue weighted by molar-refractivity contribution is -0.215. The van der Waals surface area contributed by atoms with Crippen molar-refractivity contribution in [2.24, 2.45) is 52.3 Å². The number of ether oxygens (including phenoxy) is 1. The number of benzene rings is 1. The van der Waals surface area contributed by atoms with E-state index in [1.165, 1.54) is 0 Å². The third-order valence-electron chi connectivity index (χ3n) is 12.1. The molecule has 4 aliphatic carbocycles. The topological polar surface area (TPSA) is 127 Å². The fourth-order valence-electron chi connectivity index (χ4n) is 10.1. The third-order valence-corrected chi connectivity index (χ3v) is 12.1. The Morgan fingerprint density at radius 2 is 1.74 bits per heavy atom. The van der Waals surface area contributed by atoms with Gasteiger partial charge in [-0.3, -0.25) is 0 Å². The van der Waals surface area contributed by atoms with Crippen LogP contribution in [-0.2, 0) is 4.74 Å². The number of aliphatic hydroxyl groups excluding tert-OH is 5. The van der Waals surface area contributed by atoms with Crippen LogP contribution in [0.3, 0.4) is 0 Å². The molecule has 4 fully saturated rings. The molecule has 1 aromatic rings. The Kier molecular flexibility index (Phi) is 8.22. The first-order valence-corrected chi connectivity index (χ1v) is 15.1. The summed E-state index contributed by atoms with van der Waals surface area (Å²) in [6, 6.07) is 9.07. The van der Waals surface area contributed by atoms with Crippen molar-refractivity contribution >= 4 is 5.97 Å². The lowest BCUT2D eigenvalue weighted by Crippen LogP contribution is -2.63. The fraction of sp³-hybridized carbons (Fsp3) is 0.781. The SMILES string of the molecule is CC(C(O)CO)[C@H]1CC[C@H]2[C@@H]3C(OC(=O)c4ccccc4)CC4CC(C(O)CO)CC[C@]4(C)[C@H]3C(O)C[C@]12C. The number of rotatable bonds is 7. The van der Waals surface area contributed by atoms with Crippen molar-refractivity contribution in [2.75, 3.05) is 13.2 Å². The van der Waals surface area contributed by atoms with Crippen molar-refractivity contribution in [1.82, 2.24) is 0 Å². The molecule has 7 nitrogen and oxygen atoms in total. The van der Waals surface area contributed by atoms with Gasteiger partial charge in [-0.15, -0.1) is 0 Å². The van der Waals surface area contributed by atoms with Crippen molar-refractivity contribution < 1.29 is 35.1 Å². The minimum atomic E-state index is -0.798. The number of esters is 1. The van der Waals surface area contributed by atoms with Gasteiger partial charge in [0, 0.05) is 5.92 Å². The van der Waals surface area contributed by atoms with E-state index in [0.717, 1.165) is 32.1 Å². The Labute approximate surface area is 232 Å². The number of carbonyl (C=O) groups excluding carboxylic acids is 1. The van der Waals surface area contributed by atoms with Gasteiger partial charge < -0.3 is 30.3 Å². The molecule has 7 heteroatoms. The molecule has 39 heavy (non-hydrogen) atoms. The summed E-state index contributed by atoms with van der Waals surface area (Å²) in [6.45, 7) is 6.02. The Balaban J connectivity index is 1.51. The van der Waals surface area contributed by atoms with Crippen molar-refractivity contribution in [3.63, 3.8) is 0 Å². The summed E-state index contributed by atoms with van der Waals surface area (Å²) in [5.41, 5.74) is 0.130. The quantitative estimate of drug-likeness (QED) is 0.333. The van der Waals surface area contributed by atoms with E-state index in [9.17, 15) is 30.3 Å². The number of aliphatic hydroxyl groups is 5. The molecule has 0 aliphatic heterocycles. The molecule has 4 saturated carbocycles. The van der Waals surface area contributed by atoms with Gasteiger partial charge in [0.1, 0.15) is 6.10 Å². The molecule has 0 bridgehead atoms. The summed E-state index contributed by atoms with van der Waals surface area (Å²) in [6.07, 6.45) is 3.12. The van der Waals surface area contributed by atoms with Crippen LogP contribution in [0.4, 0.5) is 0 Å². The lowest BCUT2D eigenvalue weighted by Gasteiger charge is -2.64. The van der Waals surface area contributed by atoms with E-state index < -0.39 is 18.3 Å². The van der Waals surface area contributed by atoms with Crippen molar-refractivity contribution in [3.8, 4) is 0 Å². The number of hydrogen-bond acceptors (Lipinski definition) is 7. The number of carbonyl (C=O) groups is 1. The largest absolute Gasteiger partial charge is 0.458 e. The van der Waals surface area contributed by atoms with E-state index in [4.69, 9.17) is 4.74 Å². The van der Waals surface area contributed by atoms with Gasteiger partial charge in [-0.1, -0.05) is 39.0 Å². The third kappa shape index (κ3) is 4.86. The maximum atomic E-state index is 13.4. The fourth-order valence-corrected chi connectivity index (χ4v) is 10.1. The highest BCUT2D eigenvalue weighted by Crippen LogP contribution is 2.69. The zero-order chi connectivity index (χ0) is 28.1. The van der Waals surface area contributed by atoms with Gasteiger partial charge in [0.25, 0.3) is 0 Å². The normalized spacial score (nSPS) is 43.9. The average molecular weight is 545 g/mol. The zero-order valence-corrected chi connectivity index (χ0v) is 23.7. The molecule has 0 radical (unpaired) electrons. The molecule has 0 amide bonds. The van der Waals surface area contributed by atoms with Crippen LogP contribution in [0.1, 0.15) is 76.1 Å². The van der Waals surface area contributed by atoms with Crippen LogP contribution in [-0.4, -0.2) is 69.1 Å². The summed E-state index contributed by atoms with van der Waals surface area (Å²) in [7, 11) is 0. The van der Waals surface area contributed by atoms with Crippen LogP contribution < -0.4 is 0 Å². The molecule has 7 unspecified atom stereocenters. The second kappa shape index (κ2) is 11.1. The second-order valence-electron chi connectivity index (χ2n) is 13.8. The van der Waals surface area contributed by atoms with Crippen LogP contribution >= 0.6 is 0 Å². The Hall–Kier alpha value is -1.51. The van der Waals surface area contributed by atoms with Gasteiger partial charge in [0.15, 0.2) is 0 Å². The van der Waals surface area contributed by atoms with Crippen LogP contribution in [0, 0.1) is 52.3 Å². The van der Waals surface area contributed by atoms with E-state index in [1.807, 2.05) is 25.1 Å². The van der Waals surface area contributed by atoms with Crippen molar-refractivity contribution in [1.29, 1.82) is 0 Å². The minimum absolute atomic E-state index is 0.00206. The molecule has 4 aliphatic rings. The molecule has 0 spiro atoms. The van der Waals surface area contributed by atoms with E-state index >= 15 is 0 Å². The summed E-state index contributed by atoms with van der Waals surface area (Å²) in [5, 5.41) is 52.3. The first kappa shape index (κ1) is 29.0.